The van der Waals surface area contributed by atoms with Gasteiger partial charge >= 0.3 is 0 Å². The Morgan fingerprint density at radius 1 is 1.42 bits per heavy atom. The SMILES string of the molecule is NC1CCC2=C(C=CC(=O)C2)C1. The molecule has 1 atom stereocenters. The second-order valence-electron chi connectivity index (χ2n) is 3.61. The molecule has 0 saturated carbocycles. The van der Waals surface area contributed by atoms with Crippen LogP contribution in [0.15, 0.2) is 23.3 Å². The molecule has 0 aromatic rings. The van der Waals surface area contributed by atoms with Crippen molar-refractivity contribution in [2.75, 3.05) is 0 Å². The number of hydrogen-bond acceptors (Lipinski definition) is 2. The third-order valence-corrected chi connectivity index (χ3v) is 2.61. The second kappa shape index (κ2) is 2.87. The fraction of sp³-hybridized carbons (Fsp3) is 0.500. The van der Waals surface area contributed by atoms with Crippen molar-refractivity contribution in [2.24, 2.45) is 5.73 Å². The Bertz CT molecular complexity index is 276. The Morgan fingerprint density at radius 3 is 3.08 bits per heavy atom. The summed E-state index contributed by atoms with van der Waals surface area (Å²) in [5, 5.41) is 0. The Morgan fingerprint density at radius 2 is 2.25 bits per heavy atom. The molecule has 0 saturated heterocycles. The lowest BCUT2D eigenvalue weighted by Gasteiger charge is -2.24. The fourth-order valence-corrected chi connectivity index (χ4v) is 1.90. The van der Waals surface area contributed by atoms with Crippen LogP contribution >= 0.6 is 0 Å². The van der Waals surface area contributed by atoms with E-state index in [4.69, 9.17) is 5.73 Å². The third-order valence-electron chi connectivity index (χ3n) is 2.61. The molecule has 2 aliphatic carbocycles. The number of hydrogen-bond donors (Lipinski definition) is 1. The molecular formula is C10H13NO. The first-order valence-electron chi connectivity index (χ1n) is 4.43. The quantitative estimate of drug-likeness (QED) is 0.585. The maximum atomic E-state index is 11.0. The maximum absolute atomic E-state index is 11.0. The van der Waals surface area contributed by atoms with E-state index in [-0.39, 0.29) is 5.78 Å². The minimum absolute atomic E-state index is 0.240. The first-order valence-corrected chi connectivity index (χ1v) is 4.43. The van der Waals surface area contributed by atoms with Gasteiger partial charge in [-0.25, -0.2) is 0 Å². The molecule has 0 aliphatic heterocycles. The molecule has 0 aromatic heterocycles. The summed E-state index contributed by atoms with van der Waals surface area (Å²) in [4.78, 5) is 11.0. The average molecular weight is 163 g/mol. The Hall–Kier alpha value is -0.890. The summed E-state index contributed by atoms with van der Waals surface area (Å²) >= 11 is 0. The van der Waals surface area contributed by atoms with Crippen molar-refractivity contribution >= 4 is 5.78 Å². The topological polar surface area (TPSA) is 43.1 Å². The van der Waals surface area contributed by atoms with E-state index in [0.29, 0.717) is 12.5 Å². The van der Waals surface area contributed by atoms with Gasteiger partial charge in [0.25, 0.3) is 0 Å². The van der Waals surface area contributed by atoms with Crippen LogP contribution < -0.4 is 5.73 Å². The first-order chi connectivity index (χ1) is 5.75. The van der Waals surface area contributed by atoms with Gasteiger partial charge < -0.3 is 5.73 Å². The summed E-state index contributed by atoms with van der Waals surface area (Å²) in [7, 11) is 0. The van der Waals surface area contributed by atoms with E-state index in [1.807, 2.05) is 6.08 Å². The van der Waals surface area contributed by atoms with Crippen molar-refractivity contribution in [1.29, 1.82) is 0 Å². The minimum Gasteiger partial charge on any atom is -0.327 e. The summed E-state index contributed by atoms with van der Waals surface area (Å²) in [5.74, 6) is 0.240. The van der Waals surface area contributed by atoms with Crippen molar-refractivity contribution < 1.29 is 4.79 Å². The number of carbonyl (C=O) groups excluding carboxylic acids is 1. The predicted octanol–water partition coefficient (Wildman–Crippen LogP) is 1.32. The van der Waals surface area contributed by atoms with Gasteiger partial charge in [0.05, 0.1) is 0 Å². The number of nitrogens with two attached hydrogens (primary N) is 1. The zero-order valence-corrected chi connectivity index (χ0v) is 7.05. The van der Waals surface area contributed by atoms with Gasteiger partial charge in [-0.15, -0.1) is 0 Å². The normalized spacial score (nSPS) is 29.1. The molecule has 2 rings (SSSR count). The first kappa shape index (κ1) is 7.74. The monoisotopic (exact) mass is 163 g/mol. The van der Waals surface area contributed by atoms with Crippen LogP contribution in [-0.4, -0.2) is 11.8 Å². The Kier molecular flexibility index (Phi) is 1.85. The standard InChI is InChI=1S/C10H13NO/c11-9-3-1-8-6-10(12)4-2-7(8)5-9/h2,4,9H,1,3,5-6,11H2. The zero-order chi connectivity index (χ0) is 8.55. The predicted molar refractivity (Wildman–Crippen MR) is 47.6 cm³/mol. The van der Waals surface area contributed by atoms with E-state index in [0.717, 1.165) is 19.3 Å². The minimum atomic E-state index is 0.240. The van der Waals surface area contributed by atoms with Crippen molar-refractivity contribution in [3.8, 4) is 0 Å². The van der Waals surface area contributed by atoms with Gasteiger partial charge in [0.15, 0.2) is 5.78 Å². The van der Waals surface area contributed by atoms with Gasteiger partial charge in [-0.2, -0.15) is 0 Å². The number of ketones is 1. The van der Waals surface area contributed by atoms with Gasteiger partial charge in [-0.1, -0.05) is 11.6 Å². The van der Waals surface area contributed by atoms with Crippen molar-refractivity contribution in [3.05, 3.63) is 23.3 Å². The van der Waals surface area contributed by atoms with Crippen molar-refractivity contribution in [1.82, 2.24) is 0 Å². The highest BCUT2D eigenvalue weighted by Gasteiger charge is 2.20. The molecule has 0 fully saturated rings. The fourth-order valence-electron chi connectivity index (χ4n) is 1.90. The summed E-state index contributed by atoms with van der Waals surface area (Å²) in [6.07, 6.45) is 7.28. The lowest BCUT2D eigenvalue weighted by atomic mass is 9.83. The van der Waals surface area contributed by atoms with Crippen LogP contribution in [-0.2, 0) is 4.79 Å². The molecular weight excluding hydrogens is 150 g/mol. The van der Waals surface area contributed by atoms with Crippen molar-refractivity contribution in [3.63, 3.8) is 0 Å². The summed E-state index contributed by atoms with van der Waals surface area (Å²) in [6.45, 7) is 0. The van der Waals surface area contributed by atoms with Crippen LogP contribution in [0.5, 0.6) is 0 Å². The molecule has 0 bridgehead atoms. The second-order valence-corrected chi connectivity index (χ2v) is 3.61. The highest BCUT2D eigenvalue weighted by Crippen LogP contribution is 2.29. The van der Waals surface area contributed by atoms with Gasteiger partial charge in [-0.3, -0.25) is 4.79 Å². The van der Waals surface area contributed by atoms with Gasteiger partial charge in [0.1, 0.15) is 0 Å². The lowest BCUT2D eigenvalue weighted by molar-refractivity contribution is -0.114. The van der Waals surface area contributed by atoms with E-state index in [1.54, 1.807) is 6.08 Å². The summed E-state index contributed by atoms with van der Waals surface area (Å²) in [5.41, 5.74) is 8.46. The largest absolute Gasteiger partial charge is 0.327 e. The Balaban J connectivity index is 2.23. The number of allylic oxidation sites excluding steroid dienone is 3. The van der Waals surface area contributed by atoms with Crippen LogP contribution in [0.4, 0.5) is 0 Å². The summed E-state index contributed by atoms with van der Waals surface area (Å²) in [6, 6.07) is 0.307. The van der Waals surface area contributed by atoms with E-state index in [1.165, 1.54) is 11.1 Å². The van der Waals surface area contributed by atoms with Crippen LogP contribution in [0.25, 0.3) is 0 Å². The molecule has 0 radical (unpaired) electrons. The number of carbonyl (C=O) groups is 1. The molecule has 2 N–H and O–H groups in total. The third kappa shape index (κ3) is 1.34. The molecule has 0 spiro atoms. The molecule has 0 aromatic carbocycles. The van der Waals surface area contributed by atoms with Crippen LogP contribution in [0, 0.1) is 0 Å². The molecule has 2 aliphatic rings. The van der Waals surface area contributed by atoms with Crippen LogP contribution in [0.2, 0.25) is 0 Å². The summed E-state index contributed by atoms with van der Waals surface area (Å²) < 4.78 is 0. The maximum Gasteiger partial charge on any atom is 0.159 e. The molecule has 64 valence electrons. The lowest BCUT2D eigenvalue weighted by Crippen LogP contribution is -2.25. The highest BCUT2D eigenvalue weighted by molar-refractivity contribution is 5.93. The Labute approximate surface area is 72.1 Å². The van der Waals surface area contributed by atoms with E-state index < -0.39 is 0 Å². The molecule has 2 heteroatoms. The van der Waals surface area contributed by atoms with Gasteiger partial charge in [0, 0.05) is 12.5 Å². The van der Waals surface area contributed by atoms with E-state index >= 15 is 0 Å². The molecule has 2 nitrogen and oxygen atoms in total. The smallest absolute Gasteiger partial charge is 0.159 e. The number of rotatable bonds is 0. The van der Waals surface area contributed by atoms with Crippen LogP contribution in [0.3, 0.4) is 0 Å². The zero-order valence-electron chi connectivity index (χ0n) is 7.05. The van der Waals surface area contributed by atoms with Crippen molar-refractivity contribution in [2.45, 2.75) is 31.7 Å². The molecule has 0 heterocycles. The van der Waals surface area contributed by atoms with E-state index in [9.17, 15) is 4.79 Å². The van der Waals surface area contributed by atoms with Gasteiger partial charge in [-0.05, 0) is 30.9 Å². The molecule has 12 heavy (non-hydrogen) atoms. The van der Waals surface area contributed by atoms with Crippen LogP contribution in [0.1, 0.15) is 25.7 Å². The van der Waals surface area contributed by atoms with Gasteiger partial charge in [0.2, 0.25) is 0 Å². The molecule has 0 amide bonds. The van der Waals surface area contributed by atoms with E-state index in [2.05, 4.69) is 0 Å². The highest BCUT2D eigenvalue weighted by atomic mass is 16.1. The molecule has 1 unspecified atom stereocenters. The average Bonchev–Trinajstić information content (AvgIpc) is 2.05.